The number of aromatic amines is 1. The summed E-state index contributed by atoms with van der Waals surface area (Å²) in [6.45, 7) is 4.02. The van der Waals surface area contributed by atoms with Crippen LogP contribution in [0.25, 0.3) is 16.8 Å². The van der Waals surface area contributed by atoms with Crippen LogP contribution in [0.1, 0.15) is 37.6 Å². The molecule has 2 N–H and O–H groups in total. The molecule has 0 amide bonds. The zero-order valence-corrected chi connectivity index (χ0v) is 17.1. The molecule has 4 aromatic heterocycles. The van der Waals surface area contributed by atoms with Crippen LogP contribution in [0.2, 0.25) is 0 Å². The molecule has 0 spiro atoms. The number of H-pyrrole nitrogens is 1. The minimum Gasteiger partial charge on any atom is -0.345 e. The van der Waals surface area contributed by atoms with E-state index in [9.17, 15) is 8.42 Å². The lowest BCUT2D eigenvalue weighted by molar-refractivity contribution is 0.0796. The highest BCUT2D eigenvalue weighted by Crippen LogP contribution is 2.52. The summed E-state index contributed by atoms with van der Waals surface area (Å²) in [5.74, 6) is 0.795. The predicted molar refractivity (Wildman–Crippen MR) is 107 cm³/mol. The average molecular weight is 422 g/mol. The lowest BCUT2D eigenvalue weighted by atomic mass is 9.58. The van der Waals surface area contributed by atoms with Crippen molar-refractivity contribution in [2.24, 2.45) is 5.41 Å². The highest BCUT2D eigenvalue weighted by Gasteiger charge is 2.52. The third kappa shape index (κ3) is 2.68. The molecule has 1 aliphatic carbocycles. The van der Waals surface area contributed by atoms with Gasteiger partial charge in [0, 0.05) is 24.4 Å². The van der Waals surface area contributed by atoms with Crippen LogP contribution in [0.5, 0.6) is 0 Å². The Morgan fingerprint density at radius 2 is 2.07 bits per heavy atom. The molecule has 1 aliphatic rings. The van der Waals surface area contributed by atoms with Crippen molar-refractivity contribution < 1.29 is 8.42 Å². The van der Waals surface area contributed by atoms with E-state index in [1.165, 1.54) is 18.3 Å². The lowest BCUT2D eigenvalue weighted by Crippen LogP contribution is -2.57. The zero-order chi connectivity index (χ0) is 21.1. The molecule has 4 heterocycles. The van der Waals surface area contributed by atoms with Crippen LogP contribution >= 0.6 is 0 Å². The second-order valence-electron chi connectivity index (χ2n) is 8.00. The number of rotatable bonds is 4. The number of fused-ring (bicyclic) bond motifs is 3. The van der Waals surface area contributed by atoms with Gasteiger partial charge in [-0.25, -0.2) is 23.1 Å². The quantitative estimate of drug-likeness (QED) is 0.510. The molecule has 0 unspecified atom stereocenters. The summed E-state index contributed by atoms with van der Waals surface area (Å²) in [7, 11) is -3.81. The maximum absolute atomic E-state index is 12.8. The number of nitrogens with one attached hydrogen (secondary N) is 2. The molecule has 0 saturated heterocycles. The molecule has 1 fully saturated rings. The number of hydrogen-bond acceptors (Lipinski definition) is 7. The molecule has 0 bridgehead atoms. The Bertz CT molecular complexity index is 1410. The third-order valence-corrected chi connectivity index (χ3v) is 7.37. The highest BCUT2D eigenvalue weighted by atomic mass is 32.2. The smallest absolute Gasteiger partial charge is 0.258 e. The minimum absolute atomic E-state index is 0.00891. The van der Waals surface area contributed by atoms with E-state index in [0.717, 1.165) is 17.0 Å². The third-order valence-electron chi connectivity index (χ3n) is 5.98. The maximum atomic E-state index is 12.8. The van der Waals surface area contributed by atoms with Gasteiger partial charge in [0.15, 0.2) is 16.3 Å². The number of sulfonamides is 1. The van der Waals surface area contributed by atoms with Gasteiger partial charge in [-0.2, -0.15) is 5.26 Å². The summed E-state index contributed by atoms with van der Waals surface area (Å²) >= 11 is 0. The first-order valence-corrected chi connectivity index (χ1v) is 10.8. The molecule has 2 atom stereocenters. The van der Waals surface area contributed by atoms with Gasteiger partial charge in [-0.05, 0) is 30.0 Å². The Kier molecular flexibility index (Phi) is 3.93. The van der Waals surface area contributed by atoms with E-state index >= 15 is 0 Å². The first-order valence-electron chi connectivity index (χ1n) is 9.37. The Balaban J connectivity index is 1.43. The highest BCUT2D eigenvalue weighted by molar-refractivity contribution is 7.89. The summed E-state index contributed by atoms with van der Waals surface area (Å²) in [6, 6.07) is 6.34. The molecule has 4 aromatic rings. The maximum Gasteiger partial charge on any atom is 0.258 e. The fourth-order valence-corrected chi connectivity index (χ4v) is 5.37. The molecule has 1 saturated carbocycles. The molecule has 10 nitrogen and oxygen atoms in total. The Hall–Kier alpha value is -3.36. The van der Waals surface area contributed by atoms with E-state index in [2.05, 4.69) is 29.9 Å². The molecular weight excluding hydrogens is 404 g/mol. The second kappa shape index (κ2) is 6.32. The average Bonchev–Trinajstić information content (AvgIpc) is 3.37. The Morgan fingerprint density at radius 3 is 2.77 bits per heavy atom. The number of nitrogens with zero attached hydrogens (tertiary/aromatic N) is 6. The van der Waals surface area contributed by atoms with Gasteiger partial charge in [0.25, 0.3) is 10.0 Å². The number of aromatic nitrogens is 6. The van der Waals surface area contributed by atoms with Crippen molar-refractivity contribution in [2.45, 2.75) is 37.3 Å². The predicted octanol–water partition coefficient (Wildman–Crippen LogP) is 1.73. The van der Waals surface area contributed by atoms with Crippen LogP contribution in [-0.4, -0.2) is 44.0 Å². The van der Waals surface area contributed by atoms with Gasteiger partial charge in [0.2, 0.25) is 0 Å². The van der Waals surface area contributed by atoms with Crippen LogP contribution in [0.15, 0.2) is 41.8 Å². The van der Waals surface area contributed by atoms with Gasteiger partial charge < -0.3 is 4.98 Å². The fourth-order valence-electron chi connectivity index (χ4n) is 4.04. The first kappa shape index (κ1) is 18.7. The van der Waals surface area contributed by atoms with Gasteiger partial charge in [-0.1, -0.05) is 13.8 Å². The molecule has 0 aromatic carbocycles. The van der Waals surface area contributed by atoms with Crippen LogP contribution in [0.3, 0.4) is 0 Å². The summed E-state index contributed by atoms with van der Waals surface area (Å²) in [6.07, 6.45) is 5.31. The van der Waals surface area contributed by atoms with E-state index in [1.807, 2.05) is 36.6 Å². The van der Waals surface area contributed by atoms with Gasteiger partial charge in [0.1, 0.15) is 11.9 Å². The van der Waals surface area contributed by atoms with Crippen molar-refractivity contribution in [1.82, 2.24) is 34.3 Å². The van der Waals surface area contributed by atoms with E-state index in [4.69, 9.17) is 5.26 Å². The first-order chi connectivity index (χ1) is 14.3. The van der Waals surface area contributed by atoms with Crippen LogP contribution in [-0.2, 0) is 10.0 Å². The number of pyridine rings is 1. The van der Waals surface area contributed by atoms with E-state index in [0.29, 0.717) is 17.6 Å². The van der Waals surface area contributed by atoms with E-state index < -0.39 is 15.4 Å². The molecule has 30 heavy (non-hydrogen) atoms. The van der Waals surface area contributed by atoms with Crippen molar-refractivity contribution in [3.05, 3.63) is 48.2 Å². The van der Waals surface area contributed by atoms with Crippen molar-refractivity contribution >= 4 is 26.8 Å². The van der Waals surface area contributed by atoms with Crippen molar-refractivity contribution in [3.63, 3.8) is 0 Å². The molecule has 11 heteroatoms. The van der Waals surface area contributed by atoms with Crippen LogP contribution in [0.4, 0.5) is 0 Å². The van der Waals surface area contributed by atoms with Gasteiger partial charge >= 0.3 is 0 Å². The summed E-state index contributed by atoms with van der Waals surface area (Å²) in [5.41, 5.74) is 2.19. The SMILES string of the molecule is CC1(C)[C@@H](c2nnc3cnc4[nH]ccc4n23)C[C@H]1NS(=O)(=O)c1ccc(C#N)cn1. The standard InChI is InChI=1S/C19H18N8O2S/c1-19(2)12(18-25-24-15-10-23-17-13(27(15)18)5-6-21-17)7-14(19)26-30(28,29)16-4-3-11(8-20)9-22-16/h3-6,9-10,12,14,21,26H,7H2,1-2H3/t12-,14-/m1/s1. The van der Waals surface area contributed by atoms with Crippen molar-refractivity contribution in [3.8, 4) is 6.07 Å². The number of hydrogen-bond donors (Lipinski definition) is 2. The van der Waals surface area contributed by atoms with Crippen molar-refractivity contribution in [1.29, 1.82) is 5.26 Å². The minimum atomic E-state index is -3.81. The largest absolute Gasteiger partial charge is 0.345 e. The topological polar surface area (TPSA) is 142 Å². The van der Waals surface area contributed by atoms with Crippen LogP contribution < -0.4 is 4.72 Å². The number of nitriles is 1. The van der Waals surface area contributed by atoms with Gasteiger partial charge in [0.05, 0.1) is 17.3 Å². The summed E-state index contributed by atoms with van der Waals surface area (Å²) in [4.78, 5) is 11.3. The summed E-state index contributed by atoms with van der Waals surface area (Å²) in [5, 5.41) is 17.4. The molecule has 0 aliphatic heterocycles. The van der Waals surface area contributed by atoms with Crippen LogP contribution in [0, 0.1) is 16.7 Å². The van der Waals surface area contributed by atoms with E-state index in [-0.39, 0.29) is 17.0 Å². The van der Waals surface area contributed by atoms with Gasteiger partial charge in [-0.15, -0.1) is 10.2 Å². The Morgan fingerprint density at radius 1 is 1.23 bits per heavy atom. The molecule has 5 rings (SSSR count). The lowest BCUT2D eigenvalue weighted by Gasteiger charge is -2.51. The molecule has 152 valence electrons. The summed E-state index contributed by atoms with van der Waals surface area (Å²) < 4.78 is 30.3. The van der Waals surface area contributed by atoms with Gasteiger partial charge in [-0.3, -0.25) is 4.40 Å². The fraction of sp³-hybridized carbons (Fsp3) is 0.316. The Labute approximate surface area is 172 Å². The molecular formula is C19H18N8O2S. The van der Waals surface area contributed by atoms with Crippen molar-refractivity contribution in [2.75, 3.05) is 0 Å². The monoisotopic (exact) mass is 422 g/mol. The zero-order valence-electron chi connectivity index (χ0n) is 16.2. The molecule has 0 radical (unpaired) electrons. The second-order valence-corrected chi connectivity index (χ2v) is 9.66. The van der Waals surface area contributed by atoms with E-state index in [1.54, 1.807) is 6.20 Å². The normalized spacial score (nSPS) is 20.8.